The van der Waals surface area contributed by atoms with Gasteiger partial charge in [-0.25, -0.2) is 13.8 Å². The van der Waals surface area contributed by atoms with Gasteiger partial charge in [-0.05, 0) is 38.3 Å². The number of esters is 1. The smallest absolute Gasteiger partial charge is 0.306 e. The Morgan fingerprint density at radius 2 is 2.10 bits per heavy atom. The zero-order chi connectivity index (χ0) is 21.4. The molecule has 1 fully saturated rings. The molecule has 0 N–H and O–H groups in total. The SMILES string of the molecule is Cn1cc(-c2cnc(Cl)nc2N2CC(CC(=O)OC(C)(C)C)CC(F)(F)C2)cn1. The fourth-order valence-electron chi connectivity index (χ4n) is 3.48. The van der Waals surface area contributed by atoms with E-state index in [0.29, 0.717) is 16.9 Å². The van der Waals surface area contributed by atoms with Crippen molar-refractivity contribution in [2.45, 2.75) is 45.1 Å². The van der Waals surface area contributed by atoms with Gasteiger partial charge in [-0.1, -0.05) is 0 Å². The first-order valence-electron chi connectivity index (χ1n) is 9.28. The van der Waals surface area contributed by atoms with Gasteiger partial charge in [0.2, 0.25) is 5.28 Å². The van der Waals surface area contributed by atoms with E-state index in [4.69, 9.17) is 16.3 Å². The summed E-state index contributed by atoms with van der Waals surface area (Å²) >= 11 is 5.96. The molecular formula is C19H24ClF2N5O2. The van der Waals surface area contributed by atoms with E-state index in [2.05, 4.69) is 15.1 Å². The molecule has 0 amide bonds. The van der Waals surface area contributed by atoms with Crippen molar-refractivity contribution in [3.63, 3.8) is 0 Å². The first-order chi connectivity index (χ1) is 13.4. The van der Waals surface area contributed by atoms with E-state index in [1.54, 1.807) is 44.9 Å². The molecule has 1 saturated heterocycles. The third kappa shape index (κ3) is 5.62. The number of hydrogen-bond donors (Lipinski definition) is 0. The number of aromatic nitrogens is 4. The maximum atomic E-state index is 14.5. The molecule has 1 aliphatic rings. The lowest BCUT2D eigenvalue weighted by Gasteiger charge is -2.38. The molecule has 7 nitrogen and oxygen atoms in total. The van der Waals surface area contributed by atoms with Crippen molar-refractivity contribution in [1.82, 2.24) is 19.7 Å². The van der Waals surface area contributed by atoms with Crippen LogP contribution in [0.15, 0.2) is 18.6 Å². The number of halogens is 3. The van der Waals surface area contributed by atoms with Gasteiger partial charge in [0, 0.05) is 43.5 Å². The molecule has 0 aliphatic carbocycles. The van der Waals surface area contributed by atoms with Gasteiger partial charge in [-0.15, -0.1) is 0 Å². The lowest BCUT2D eigenvalue weighted by molar-refractivity contribution is -0.156. The number of nitrogens with zero attached hydrogens (tertiary/aromatic N) is 5. The van der Waals surface area contributed by atoms with E-state index in [1.165, 1.54) is 11.1 Å². The molecule has 29 heavy (non-hydrogen) atoms. The summed E-state index contributed by atoms with van der Waals surface area (Å²) in [7, 11) is 1.76. The number of ether oxygens (including phenoxy) is 1. The van der Waals surface area contributed by atoms with Gasteiger partial charge in [-0.3, -0.25) is 9.48 Å². The van der Waals surface area contributed by atoms with Crippen molar-refractivity contribution in [3.05, 3.63) is 23.9 Å². The lowest BCUT2D eigenvalue weighted by atomic mass is 9.92. The minimum Gasteiger partial charge on any atom is -0.460 e. The fourth-order valence-corrected chi connectivity index (χ4v) is 3.61. The quantitative estimate of drug-likeness (QED) is 0.547. The van der Waals surface area contributed by atoms with Crippen LogP contribution < -0.4 is 4.90 Å². The van der Waals surface area contributed by atoms with Crippen molar-refractivity contribution in [2.75, 3.05) is 18.0 Å². The van der Waals surface area contributed by atoms with Crippen LogP contribution in [0, 0.1) is 5.92 Å². The number of piperidine rings is 1. The predicted octanol–water partition coefficient (Wildman–Crippen LogP) is 3.72. The van der Waals surface area contributed by atoms with Gasteiger partial charge in [0.15, 0.2) is 0 Å². The molecule has 3 rings (SSSR count). The Balaban J connectivity index is 1.88. The van der Waals surface area contributed by atoms with Crippen LogP contribution in [-0.4, -0.2) is 50.3 Å². The molecule has 10 heteroatoms. The summed E-state index contributed by atoms with van der Waals surface area (Å²) in [6.45, 7) is 4.95. The number of hydrogen-bond acceptors (Lipinski definition) is 6. The zero-order valence-electron chi connectivity index (χ0n) is 16.8. The second kappa shape index (κ2) is 7.85. The summed E-state index contributed by atoms with van der Waals surface area (Å²) in [5.74, 6) is -3.75. The van der Waals surface area contributed by atoms with Gasteiger partial charge in [-0.2, -0.15) is 10.1 Å². The second-order valence-corrected chi connectivity index (χ2v) is 8.71. The number of rotatable bonds is 4. The third-order valence-electron chi connectivity index (χ3n) is 4.42. The average Bonchev–Trinajstić information content (AvgIpc) is 2.97. The standard InChI is InChI=1S/C19H24ClF2N5O2/c1-18(2,3)29-15(28)5-12-6-19(21,22)11-27(9-12)16-14(8-23-17(20)25-16)13-7-24-26(4)10-13/h7-8,10,12H,5-6,9,11H2,1-4H3. The minimum absolute atomic E-state index is 0.0368. The number of alkyl halides is 2. The molecule has 0 spiro atoms. The van der Waals surface area contributed by atoms with Crippen LogP contribution in [0.5, 0.6) is 0 Å². The summed E-state index contributed by atoms with van der Waals surface area (Å²) in [5, 5.41) is 4.08. The van der Waals surface area contributed by atoms with Crippen molar-refractivity contribution >= 4 is 23.4 Å². The topological polar surface area (TPSA) is 73.1 Å². The van der Waals surface area contributed by atoms with Crippen LogP contribution in [0.2, 0.25) is 5.28 Å². The summed E-state index contributed by atoms with van der Waals surface area (Å²) in [4.78, 5) is 21.9. The molecule has 1 aliphatic heterocycles. The average molecular weight is 428 g/mol. The fraction of sp³-hybridized carbons (Fsp3) is 0.579. The number of aryl methyl sites for hydroxylation is 1. The molecule has 1 atom stereocenters. The van der Waals surface area contributed by atoms with E-state index in [1.807, 2.05) is 0 Å². The molecule has 2 aromatic rings. The first-order valence-corrected chi connectivity index (χ1v) is 9.66. The van der Waals surface area contributed by atoms with Crippen LogP contribution in [0.1, 0.15) is 33.6 Å². The minimum atomic E-state index is -2.98. The summed E-state index contributed by atoms with van der Waals surface area (Å²) < 4.78 is 36.0. The van der Waals surface area contributed by atoms with Crippen LogP contribution in [0.4, 0.5) is 14.6 Å². The third-order valence-corrected chi connectivity index (χ3v) is 4.60. The van der Waals surface area contributed by atoms with E-state index in [9.17, 15) is 13.6 Å². The Morgan fingerprint density at radius 3 is 2.72 bits per heavy atom. The highest BCUT2D eigenvalue weighted by molar-refractivity contribution is 6.28. The van der Waals surface area contributed by atoms with Gasteiger partial charge >= 0.3 is 5.97 Å². The molecule has 0 aromatic carbocycles. The Morgan fingerprint density at radius 1 is 1.38 bits per heavy atom. The van der Waals surface area contributed by atoms with Crippen LogP contribution >= 0.6 is 11.6 Å². The molecule has 158 valence electrons. The summed E-state index contributed by atoms with van der Waals surface area (Å²) in [6.07, 6.45) is 4.37. The Labute approximate surface area is 173 Å². The predicted molar refractivity (Wildman–Crippen MR) is 105 cm³/mol. The highest BCUT2D eigenvalue weighted by Crippen LogP contribution is 2.38. The van der Waals surface area contributed by atoms with Crippen molar-refractivity contribution in [2.24, 2.45) is 13.0 Å². The van der Waals surface area contributed by atoms with Gasteiger partial charge < -0.3 is 9.64 Å². The molecule has 0 saturated carbocycles. The van der Waals surface area contributed by atoms with E-state index >= 15 is 0 Å². The van der Waals surface area contributed by atoms with Gasteiger partial charge in [0.25, 0.3) is 5.92 Å². The van der Waals surface area contributed by atoms with Crippen LogP contribution in [-0.2, 0) is 16.6 Å². The van der Waals surface area contributed by atoms with E-state index < -0.39 is 30.0 Å². The highest BCUT2D eigenvalue weighted by atomic mass is 35.5. The number of anilines is 1. The molecular weight excluding hydrogens is 404 g/mol. The maximum Gasteiger partial charge on any atom is 0.306 e. The molecule has 0 radical (unpaired) electrons. The van der Waals surface area contributed by atoms with Crippen LogP contribution in [0.25, 0.3) is 11.1 Å². The zero-order valence-corrected chi connectivity index (χ0v) is 17.6. The largest absolute Gasteiger partial charge is 0.460 e. The Bertz CT molecular complexity index is 897. The summed E-state index contributed by atoms with van der Waals surface area (Å²) in [6, 6.07) is 0. The number of carbonyl (C=O) groups excluding carboxylic acids is 1. The Hall–Kier alpha value is -2.29. The highest BCUT2D eigenvalue weighted by Gasteiger charge is 2.42. The first kappa shape index (κ1) is 21.4. The van der Waals surface area contributed by atoms with Crippen LogP contribution in [0.3, 0.4) is 0 Å². The van der Waals surface area contributed by atoms with E-state index in [0.717, 1.165) is 0 Å². The maximum absolute atomic E-state index is 14.5. The monoisotopic (exact) mass is 427 g/mol. The molecule has 3 heterocycles. The lowest BCUT2D eigenvalue weighted by Crippen LogP contribution is -2.48. The molecule has 2 aromatic heterocycles. The number of carbonyl (C=O) groups is 1. The van der Waals surface area contributed by atoms with Crippen molar-refractivity contribution in [1.29, 1.82) is 0 Å². The van der Waals surface area contributed by atoms with Gasteiger partial charge in [0.1, 0.15) is 11.4 Å². The van der Waals surface area contributed by atoms with Crippen molar-refractivity contribution in [3.8, 4) is 11.1 Å². The summed E-state index contributed by atoms with van der Waals surface area (Å²) in [5.41, 5.74) is 0.578. The Kier molecular flexibility index (Phi) is 5.80. The van der Waals surface area contributed by atoms with Gasteiger partial charge in [0.05, 0.1) is 19.2 Å². The second-order valence-electron chi connectivity index (χ2n) is 8.38. The van der Waals surface area contributed by atoms with Crippen molar-refractivity contribution < 1.29 is 18.3 Å². The molecule has 0 bridgehead atoms. The molecule has 1 unspecified atom stereocenters. The normalized spacial score (nSPS) is 19.3. The van der Waals surface area contributed by atoms with E-state index in [-0.39, 0.29) is 24.7 Å².